The number of aliphatic carboxylic acids is 1. The van der Waals surface area contributed by atoms with Gasteiger partial charge < -0.3 is 5.11 Å². The molecule has 0 amide bonds. The standard InChI is InChI=1S/C6H10O3/c1-4(2)3-5(7)6(8)9/h4H,3H2,1-2H3,(H,8,9)/i1D3/t4-/m0/s1. The molecule has 1 atom stereocenters. The number of carboxylic acids is 1. The third-order valence-electron chi connectivity index (χ3n) is 0.730. The van der Waals surface area contributed by atoms with Gasteiger partial charge in [0.25, 0.3) is 0 Å². The topological polar surface area (TPSA) is 54.4 Å². The van der Waals surface area contributed by atoms with E-state index >= 15 is 0 Å². The lowest BCUT2D eigenvalue weighted by Gasteiger charge is -1.97. The lowest BCUT2D eigenvalue weighted by atomic mass is 10.1. The second-order valence-electron chi connectivity index (χ2n) is 1.83. The van der Waals surface area contributed by atoms with Crippen LogP contribution in [0.1, 0.15) is 24.3 Å². The van der Waals surface area contributed by atoms with Gasteiger partial charge in [-0.2, -0.15) is 0 Å². The Morgan fingerprint density at radius 2 is 2.33 bits per heavy atom. The van der Waals surface area contributed by atoms with Crippen molar-refractivity contribution in [1.82, 2.24) is 0 Å². The van der Waals surface area contributed by atoms with Crippen molar-refractivity contribution in [3.8, 4) is 0 Å². The molecule has 0 bridgehead atoms. The van der Waals surface area contributed by atoms with Gasteiger partial charge in [-0.3, -0.25) is 4.79 Å². The van der Waals surface area contributed by atoms with Crippen LogP contribution in [-0.2, 0) is 9.59 Å². The van der Waals surface area contributed by atoms with Crippen LogP contribution < -0.4 is 0 Å². The summed E-state index contributed by atoms with van der Waals surface area (Å²) in [4.78, 5) is 20.6. The highest BCUT2D eigenvalue weighted by Gasteiger charge is 2.11. The van der Waals surface area contributed by atoms with E-state index in [-0.39, 0.29) is 0 Å². The Bertz CT molecular complexity index is 197. The molecule has 0 aliphatic carbocycles. The largest absolute Gasteiger partial charge is 0.476 e. The van der Waals surface area contributed by atoms with E-state index in [9.17, 15) is 9.59 Å². The minimum atomic E-state index is -2.26. The number of hydrogen-bond donors (Lipinski definition) is 1. The molecule has 0 saturated heterocycles. The molecule has 0 aliphatic heterocycles. The lowest BCUT2D eigenvalue weighted by molar-refractivity contribution is -0.149. The second kappa shape index (κ2) is 3.22. The number of carbonyl (C=O) groups excluding carboxylic acids is 1. The summed E-state index contributed by atoms with van der Waals surface area (Å²) in [7, 11) is 0. The van der Waals surface area contributed by atoms with Gasteiger partial charge in [0.05, 0.1) is 0 Å². The van der Waals surface area contributed by atoms with Crippen LogP contribution in [0.15, 0.2) is 0 Å². The third kappa shape index (κ3) is 3.70. The van der Waals surface area contributed by atoms with E-state index in [0.717, 1.165) is 0 Å². The third-order valence-corrected chi connectivity index (χ3v) is 0.730. The summed E-state index contributed by atoms with van der Waals surface area (Å²) in [6.45, 7) is -0.932. The molecule has 3 heteroatoms. The van der Waals surface area contributed by atoms with E-state index in [1.54, 1.807) is 0 Å². The molecule has 0 radical (unpaired) electrons. The molecule has 0 aromatic rings. The van der Waals surface area contributed by atoms with Crippen LogP contribution in [0.25, 0.3) is 0 Å². The molecular formula is C6H10O3. The van der Waals surface area contributed by atoms with Crippen molar-refractivity contribution in [2.45, 2.75) is 20.2 Å². The Kier molecular flexibility index (Phi) is 1.44. The number of carbonyl (C=O) groups is 2. The molecule has 0 heterocycles. The predicted molar refractivity (Wildman–Crippen MR) is 32.1 cm³/mol. The Morgan fingerprint density at radius 1 is 1.78 bits per heavy atom. The van der Waals surface area contributed by atoms with Crippen LogP contribution in [0.4, 0.5) is 0 Å². The van der Waals surface area contributed by atoms with Gasteiger partial charge in [0.15, 0.2) is 0 Å². The van der Waals surface area contributed by atoms with Crippen LogP contribution >= 0.6 is 0 Å². The summed E-state index contributed by atoms with van der Waals surface area (Å²) in [6.07, 6.45) is -0.439. The summed E-state index contributed by atoms with van der Waals surface area (Å²) in [5, 5.41) is 8.16. The SMILES string of the molecule is [2H]C([2H])([2H])[C@@H](C)CC(=O)C(=O)O. The van der Waals surface area contributed by atoms with E-state index < -0.39 is 30.9 Å². The van der Waals surface area contributed by atoms with E-state index in [4.69, 9.17) is 9.22 Å². The van der Waals surface area contributed by atoms with Crippen molar-refractivity contribution < 1.29 is 18.8 Å². The Morgan fingerprint density at radius 3 is 2.67 bits per heavy atom. The van der Waals surface area contributed by atoms with Gasteiger partial charge in [0.1, 0.15) is 0 Å². The Hall–Kier alpha value is -0.860. The highest BCUT2D eigenvalue weighted by molar-refractivity contribution is 6.32. The average molecular weight is 133 g/mol. The van der Waals surface area contributed by atoms with Gasteiger partial charge in [0.2, 0.25) is 5.78 Å². The lowest BCUT2D eigenvalue weighted by Crippen LogP contribution is -2.14. The van der Waals surface area contributed by atoms with Crippen molar-refractivity contribution >= 4 is 11.8 Å². The van der Waals surface area contributed by atoms with Gasteiger partial charge in [-0.1, -0.05) is 13.8 Å². The van der Waals surface area contributed by atoms with Gasteiger partial charge in [-0.15, -0.1) is 0 Å². The fraction of sp³-hybridized carbons (Fsp3) is 0.667. The van der Waals surface area contributed by atoms with E-state index in [1.165, 1.54) is 6.92 Å². The number of Topliss-reactive ketones (excluding diaryl/α,β-unsaturated/α-hetero) is 1. The first-order chi connectivity index (χ1) is 5.25. The Balaban J connectivity index is 4.11. The molecule has 1 N–H and O–H groups in total. The molecule has 9 heavy (non-hydrogen) atoms. The van der Waals surface area contributed by atoms with Crippen molar-refractivity contribution in [2.24, 2.45) is 5.92 Å². The summed E-state index contributed by atoms with van der Waals surface area (Å²) in [6, 6.07) is 0. The minimum Gasteiger partial charge on any atom is -0.476 e. The maximum absolute atomic E-state index is 10.6. The summed E-state index contributed by atoms with van der Waals surface area (Å²) in [5.41, 5.74) is 0. The summed E-state index contributed by atoms with van der Waals surface area (Å²) < 4.78 is 20.6. The smallest absolute Gasteiger partial charge is 0.372 e. The summed E-state index contributed by atoms with van der Waals surface area (Å²) >= 11 is 0. The molecule has 0 aromatic heterocycles. The molecule has 0 unspecified atom stereocenters. The second-order valence-corrected chi connectivity index (χ2v) is 1.83. The first-order valence-electron chi connectivity index (χ1n) is 4.01. The molecule has 0 aliphatic rings. The van der Waals surface area contributed by atoms with Gasteiger partial charge in [-0.25, -0.2) is 4.79 Å². The molecule has 0 saturated carbocycles. The Labute approximate surface area is 57.9 Å². The number of carboxylic acid groups (broad SMARTS) is 1. The zero-order valence-corrected chi connectivity index (χ0v) is 5.05. The number of ketones is 1. The molecule has 0 fully saturated rings. The zero-order valence-electron chi connectivity index (χ0n) is 8.05. The van der Waals surface area contributed by atoms with E-state index in [1.807, 2.05) is 0 Å². The molecule has 0 aromatic carbocycles. The average Bonchev–Trinajstić information content (AvgIpc) is 1.85. The van der Waals surface area contributed by atoms with Crippen LogP contribution in [-0.4, -0.2) is 16.9 Å². The fourth-order valence-electron chi connectivity index (χ4n) is 0.365. The molecule has 52 valence electrons. The maximum Gasteiger partial charge on any atom is 0.372 e. The minimum absolute atomic E-state index is 0.439. The normalized spacial score (nSPS) is 19.0. The van der Waals surface area contributed by atoms with Crippen molar-refractivity contribution in [3.05, 3.63) is 0 Å². The first kappa shape index (κ1) is 4.04. The predicted octanol–water partition coefficient (Wildman–Crippen LogP) is 0.686. The summed E-state index contributed by atoms with van der Waals surface area (Å²) in [5.74, 6) is -3.54. The van der Waals surface area contributed by atoms with Crippen molar-refractivity contribution in [1.29, 1.82) is 0 Å². The quantitative estimate of drug-likeness (QED) is 0.576. The van der Waals surface area contributed by atoms with Crippen LogP contribution in [0.5, 0.6) is 0 Å². The van der Waals surface area contributed by atoms with E-state index in [0.29, 0.717) is 0 Å². The van der Waals surface area contributed by atoms with Crippen LogP contribution in [0, 0.1) is 5.92 Å². The van der Waals surface area contributed by atoms with Crippen molar-refractivity contribution in [3.63, 3.8) is 0 Å². The van der Waals surface area contributed by atoms with Crippen LogP contribution in [0.3, 0.4) is 0 Å². The van der Waals surface area contributed by atoms with Gasteiger partial charge in [-0.05, 0) is 5.92 Å². The molecule has 3 nitrogen and oxygen atoms in total. The van der Waals surface area contributed by atoms with Crippen molar-refractivity contribution in [2.75, 3.05) is 0 Å². The first-order valence-corrected chi connectivity index (χ1v) is 2.51. The zero-order chi connectivity index (χ0) is 9.94. The highest BCUT2D eigenvalue weighted by Crippen LogP contribution is 1.99. The van der Waals surface area contributed by atoms with Crippen LogP contribution in [0.2, 0.25) is 0 Å². The van der Waals surface area contributed by atoms with Gasteiger partial charge in [0, 0.05) is 10.5 Å². The number of hydrogen-bond acceptors (Lipinski definition) is 2. The monoisotopic (exact) mass is 133 g/mol. The number of rotatable bonds is 3. The molecule has 0 rings (SSSR count). The maximum atomic E-state index is 10.6. The molecule has 0 spiro atoms. The molecular weight excluding hydrogens is 120 g/mol. The highest BCUT2D eigenvalue weighted by atomic mass is 16.4. The fourth-order valence-corrected chi connectivity index (χ4v) is 0.365. The van der Waals surface area contributed by atoms with E-state index in [2.05, 4.69) is 0 Å². The van der Waals surface area contributed by atoms with Gasteiger partial charge >= 0.3 is 5.97 Å².